The molecule has 16 heavy (non-hydrogen) atoms. The molecule has 0 heterocycles. The third-order valence-electron chi connectivity index (χ3n) is 1.79. The predicted octanol–water partition coefficient (Wildman–Crippen LogP) is -2.90. The first kappa shape index (κ1) is 15.6. The van der Waals surface area contributed by atoms with Crippen molar-refractivity contribution < 1.29 is 47.3 Å². The van der Waals surface area contributed by atoms with Crippen molar-refractivity contribution in [3.63, 3.8) is 0 Å². The van der Waals surface area contributed by atoms with E-state index in [4.69, 9.17) is 0 Å². The smallest absolute Gasteiger partial charge is 0.748 e. The number of benzene rings is 1. The molecule has 0 fully saturated rings. The summed E-state index contributed by atoms with van der Waals surface area (Å²) < 4.78 is 31.3. The molecular weight excluding hydrogens is 241 g/mol. The maximum Gasteiger partial charge on any atom is 1.00 e. The van der Waals surface area contributed by atoms with E-state index in [1.165, 1.54) is 31.3 Å². The van der Waals surface area contributed by atoms with Crippen LogP contribution < -0.4 is 34.9 Å². The second kappa shape index (κ2) is 6.36. The first-order valence-corrected chi connectivity index (χ1v) is 5.75. The fourth-order valence-electron chi connectivity index (χ4n) is 1.10. The Hall–Kier alpha value is -0.400. The van der Waals surface area contributed by atoms with E-state index in [9.17, 15) is 17.8 Å². The molecule has 5 nitrogen and oxygen atoms in total. The Labute approximate surface area is 116 Å². The predicted molar refractivity (Wildman–Crippen MR) is 53.2 cm³/mol. The molecular formula is C9H10NNaO4S. The largest absolute Gasteiger partial charge is 1.00 e. The van der Waals surface area contributed by atoms with E-state index in [0.717, 1.165) is 0 Å². The maximum atomic E-state index is 11.1. The Morgan fingerprint density at radius 1 is 1.31 bits per heavy atom. The van der Waals surface area contributed by atoms with Crippen LogP contribution in [0.4, 0.5) is 0 Å². The van der Waals surface area contributed by atoms with Crippen molar-refractivity contribution in [3.8, 4) is 0 Å². The first-order valence-electron chi connectivity index (χ1n) is 4.17. The third-order valence-corrected chi connectivity index (χ3v) is 2.47. The van der Waals surface area contributed by atoms with Crippen molar-refractivity contribution in [3.05, 3.63) is 35.4 Å². The average Bonchev–Trinajstić information content (AvgIpc) is 2.15. The van der Waals surface area contributed by atoms with Crippen molar-refractivity contribution in [2.45, 2.75) is 5.75 Å². The molecule has 0 saturated carbocycles. The summed E-state index contributed by atoms with van der Waals surface area (Å²) in [5.41, 5.74) is 0.794. The molecule has 1 N–H and O–H groups in total. The summed E-state index contributed by atoms with van der Waals surface area (Å²) in [7, 11) is -2.77. The van der Waals surface area contributed by atoms with Crippen molar-refractivity contribution in [2.75, 3.05) is 7.05 Å². The van der Waals surface area contributed by atoms with Gasteiger partial charge >= 0.3 is 29.6 Å². The zero-order valence-corrected chi connectivity index (χ0v) is 11.9. The molecule has 0 aliphatic carbocycles. The SMILES string of the molecule is CNC(=O)c1ccc(CS(=O)(=O)[O-])cc1.[Na+]. The average molecular weight is 251 g/mol. The van der Waals surface area contributed by atoms with Crippen LogP contribution in [0.25, 0.3) is 0 Å². The van der Waals surface area contributed by atoms with Crippen LogP contribution >= 0.6 is 0 Å². The van der Waals surface area contributed by atoms with Crippen LogP contribution in [0.3, 0.4) is 0 Å². The zero-order chi connectivity index (χ0) is 11.5. The number of hydrogen-bond donors (Lipinski definition) is 1. The van der Waals surface area contributed by atoms with Gasteiger partial charge in [0.05, 0.1) is 15.9 Å². The molecule has 0 saturated heterocycles. The molecule has 0 aliphatic heterocycles. The molecule has 1 amide bonds. The normalized spacial score (nSPS) is 10.4. The number of carbonyl (C=O) groups is 1. The molecule has 82 valence electrons. The number of rotatable bonds is 3. The number of amides is 1. The molecule has 1 aromatic carbocycles. The molecule has 0 bridgehead atoms. The van der Waals surface area contributed by atoms with E-state index in [1.807, 2.05) is 0 Å². The van der Waals surface area contributed by atoms with Crippen LogP contribution in [-0.4, -0.2) is 25.9 Å². The topological polar surface area (TPSA) is 86.3 Å². The molecule has 0 unspecified atom stereocenters. The van der Waals surface area contributed by atoms with Gasteiger partial charge in [-0.1, -0.05) is 12.1 Å². The fourth-order valence-corrected chi connectivity index (χ4v) is 1.70. The van der Waals surface area contributed by atoms with Crippen molar-refractivity contribution in [2.24, 2.45) is 0 Å². The van der Waals surface area contributed by atoms with Gasteiger partial charge in [0.1, 0.15) is 0 Å². The third kappa shape index (κ3) is 5.09. The maximum absolute atomic E-state index is 11.1. The summed E-state index contributed by atoms with van der Waals surface area (Å²) in [6, 6.07) is 5.83. The summed E-state index contributed by atoms with van der Waals surface area (Å²) in [5, 5.41) is 2.43. The minimum Gasteiger partial charge on any atom is -0.748 e. The molecule has 0 radical (unpaired) electrons. The first-order chi connectivity index (χ1) is 6.92. The van der Waals surface area contributed by atoms with Gasteiger partial charge in [0.15, 0.2) is 0 Å². The summed E-state index contributed by atoms with van der Waals surface area (Å²) >= 11 is 0. The van der Waals surface area contributed by atoms with Crippen molar-refractivity contribution >= 4 is 16.0 Å². The van der Waals surface area contributed by atoms with Gasteiger partial charge in [-0.2, -0.15) is 0 Å². The Balaban J connectivity index is 0.00000225. The van der Waals surface area contributed by atoms with E-state index in [2.05, 4.69) is 5.32 Å². The van der Waals surface area contributed by atoms with Gasteiger partial charge in [-0.15, -0.1) is 0 Å². The standard InChI is InChI=1S/C9H11NO4S.Na/c1-10-9(11)8-4-2-7(3-5-8)6-15(12,13)14;/h2-5H,6H2,1H3,(H,10,11)(H,12,13,14);/q;+1/p-1. The van der Waals surface area contributed by atoms with Crippen LogP contribution in [0, 0.1) is 0 Å². The Morgan fingerprint density at radius 2 is 1.81 bits per heavy atom. The van der Waals surface area contributed by atoms with Crippen LogP contribution in [0.15, 0.2) is 24.3 Å². The van der Waals surface area contributed by atoms with Gasteiger partial charge in [0, 0.05) is 12.6 Å². The van der Waals surface area contributed by atoms with Crippen LogP contribution in [0.2, 0.25) is 0 Å². The number of carbonyl (C=O) groups excluding carboxylic acids is 1. The minimum absolute atomic E-state index is 0. The minimum atomic E-state index is -4.27. The van der Waals surface area contributed by atoms with Gasteiger partial charge < -0.3 is 9.87 Å². The monoisotopic (exact) mass is 251 g/mol. The Morgan fingerprint density at radius 3 is 2.19 bits per heavy atom. The summed E-state index contributed by atoms with van der Waals surface area (Å²) in [5.74, 6) is -0.812. The fraction of sp³-hybridized carbons (Fsp3) is 0.222. The quantitative estimate of drug-likeness (QED) is 0.461. The van der Waals surface area contributed by atoms with Gasteiger partial charge in [0.2, 0.25) is 0 Å². The van der Waals surface area contributed by atoms with Crippen LogP contribution in [0.5, 0.6) is 0 Å². The second-order valence-electron chi connectivity index (χ2n) is 2.98. The van der Waals surface area contributed by atoms with E-state index >= 15 is 0 Å². The van der Waals surface area contributed by atoms with Gasteiger partial charge in [-0.25, -0.2) is 8.42 Å². The van der Waals surface area contributed by atoms with Crippen molar-refractivity contribution in [1.29, 1.82) is 0 Å². The molecule has 0 aliphatic rings. The van der Waals surface area contributed by atoms with Crippen molar-refractivity contribution in [1.82, 2.24) is 5.32 Å². The van der Waals surface area contributed by atoms with Gasteiger partial charge in [-0.3, -0.25) is 4.79 Å². The summed E-state index contributed by atoms with van der Waals surface area (Å²) in [6.45, 7) is 0. The number of nitrogens with one attached hydrogen (secondary N) is 1. The van der Waals surface area contributed by atoms with E-state index in [-0.39, 0.29) is 35.5 Å². The molecule has 0 spiro atoms. The Bertz CT molecular complexity index is 455. The molecule has 7 heteroatoms. The molecule has 1 rings (SSSR count). The Kier molecular flexibility index (Phi) is 6.20. The zero-order valence-electron chi connectivity index (χ0n) is 9.06. The number of hydrogen-bond acceptors (Lipinski definition) is 4. The van der Waals surface area contributed by atoms with Crippen LogP contribution in [0.1, 0.15) is 15.9 Å². The summed E-state index contributed by atoms with van der Waals surface area (Å²) in [6.07, 6.45) is 0. The van der Waals surface area contributed by atoms with E-state index in [1.54, 1.807) is 0 Å². The van der Waals surface area contributed by atoms with Gasteiger partial charge in [0.25, 0.3) is 5.91 Å². The second-order valence-corrected chi connectivity index (χ2v) is 4.38. The molecule has 1 aromatic rings. The van der Waals surface area contributed by atoms with E-state index < -0.39 is 15.9 Å². The molecule has 0 aromatic heterocycles. The molecule has 0 atom stereocenters. The van der Waals surface area contributed by atoms with E-state index in [0.29, 0.717) is 11.1 Å². The summed E-state index contributed by atoms with van der Waals surface area (Å²) in [4.78, 5) is 11.1. The van der Waals surface area contributed by atoms with Crippen LogP contribution in [-0.2, 0) is 15.9 Å². The van der Waals surface area contributed by atoms with Gasteiger partial charge in [-0.05, 0) is 17.7 Å².